The first-order valence-corrected chi connectivity index (χ1v) is 4.62. The lowest BCUT2D eigenvalue weighted by Gasteiger charge is -2.09. The van der Waals surface area contributed by atoms with Crippen LogP contribution in [0, 0.1) is 18.3 Å². The van der Waals surface area contributed by atoms with Crippen LogP contribution < -0.4 is 11.1 Å². The molecule has 0 aromatic heterocycles. The summed E-state index contributed by atoms with van der Waals surface area (Å²) in [5, 5.41) is 10.9. The summed E-state index contributed by atoms with van der Waals surface area (Å²) in [6.45, 7) is 1.68. The Bertz CT molecular complexity index is 475. The number of carbonyl (C=O) groups is 2. The second-order valence-corrected chi connectivity index (χ2v) is 3.23. The molecule has 5 nitrogen and oxygen atoms in total. The van der Waals surface area contributed by atoms with Crippen LogP contribution in [0.4, 0.5) is 5.69 Å². The minimum Gasteiger partial charge on any atom is -0.366 e. The lowest BCUT2D eigenvalue weighted by Crippen LogP contribution is -2.16. The zero-order valence-corrected chi connectivity index (χ0v) is 8.78. The van der Waals surface area contributed by atoms with Crippen molar-refractivity contribution in [1.82, 2.24) is 0 Å². The molecule has 0 radical (unpaired) electrons. The van der Waals surface area contributed by atoms with Gasteiger partial charge in [0.05, 0.1) is 6.07 Å². The molecule has 1 aromatic rings. The molecule has 0 saturated heterocycles. The smallest absolute Gasteiger partial charge is 0.249 e. The van der Waals surface area contributed by atoms with Crippen LogP contribution in [0.25, 0.3) is 0 Å². The van der Waals surface area contributed by atoms with Crippen molar-refractivity contribution >= 4 is 17.5 Å². The van der Waals surface area contributed by atoms with E-state index in [1.54, 1.807) is 31.2 Å². The molecule has 3 N–H and O–H groups in total. The summed E-state index contributed by atoms with van der Waals surface area (Å²) < 4.78 is 0. The number of nitriles is 1. The van der Waals surface area contributed by atoms with Crippen molar-refractivity contribution in [2.24, 2.45) is 5.73 Å². The lowest BCUT2D eigenvalue weighted by molar-refractivity contribution is -0.115. The van der Waals surface area contributed by atoms with E-state index in [2.05, 4.69) is 5.32 Å². The molecule has 0 aliphatic rings. The number of primary amides is 1. The number of amides is 2. The SMILES string of the molecule is Cc1c(NC(=O)CC#N)cccc1C(N)=O. The highest BCUT2D eigenvalue weighted by atomic mass is 16.2. The average Bonchev–Trinajstić information content (AvgIpc) is 2.21. The van der Waals surface area contributed by atoms with E-state index in [1.807, 2.05) is 0 Å². The number of nitrogens with two attached hydrogens (primary N) is 1. The summed E-state index contributed by atoms with van der Waals surface area (Å²) in [5.41, 5.74) is 6.62. The van der Waals surface area contributed by atoms with Crippen LogP contribution in [0.15, 0.2) is 18.2 Å². The van der Waals surface area contributed by atoms with Gasteiger partial charge in [0.1, 0.15) is 6.42 Å². The third-order valence-electron chi connectivity index (χ3n) is 2.11. The molecular formula is C11H11N3O2. The Morgan fingerprint density at radius 2 is 2.19 bits per heavy atom. The molecule has 0 aliphatic carbocycles. The minimum atomic E-state index is -0.547. The molecule has 0 spiro atoms. The van der Waals surface area contributed by atoms with Crippen LogP contribution in [0.1, 0.15) is 22.3 Å². The van der Waals surface area contributed by atoms with E-state index >= 15 is 0 Å². The maximum absolute atomic E-state index is 11.2. The Kier molecular flexibility index (Phi) is 3.62. The first kappa shape index (κ1) is 11.7. The van der Waals surface area contributed by atoms with Crippen molar-refractivity contribution in [3.63, 3.8) is 0 Å². The Morgan fingerprint density at radius 1 is 1.50 bits per heavy atom. The Balaban J connectivity index is 2.98. The Labute approximate surface area is 92.9 Å². The zero-order chi connectivity index (χ0) is 12.1. The van der Waals surface area contributed by atoms with Gasteiger partial charge in [-0.3, -0.25) is 9.59 Å². The van der Waals surface area contributed by atoms with Crippen molar-refractivity contribution in [2.75, 3.05) is 5.32 Å². The molecule has 0 unspecified atom stereocenters. The third-order valence-corrected chi connectivity index (χ3v) is 2.11. The predicted molar refractivity (Wildman–Crippen MR) is 58.6 cm³/mol. The normalized spacial score (nSPS) is 9.25. The van der Waals surface area contributed by atoms with Crippen LogP contribution >= 0.6 is 0 Å². The number of nitrogens with zero attached hydrogens (tertiary/aromatic N) is 1. The molecule has 0 saturated carbocycles. The van der Waals surface area contributed by atoms with Crippen LogP contribution in [-0.2, 0) is 4.79 Å². The molecule has 5 heteroatoms. The molecular weight excluding hydrogens is 206 g/mol. The van der Waals surface area contributed by atoms with Gasteiger partial charge in [0.15, 0.2) is 0 Å². The average molecular weight is 217 g/mol. The van der Waals surface area contributed by atoms with E-state index in [-0.39, 0.29) is 6.42 Å². The predicted octanol–water partition coefficient (Wildman–Crippen LogP) is 0.946. The van der Waals surface area contributed by atoms with Crippen LogP contribution in [0.2, 0.25) is 0 Å². The molecule has 0 fully saturated rings. The van der Waals surface area contributed by atoms with Crippen molar-refractivity contribution in [2.45, 2.75) is 13.3 Å². The molecule has 1 rings (SSSR count). The topological polar surface area (TPSA) is 96.0 Å². The van der Waals surface area contributed by atoms with Gasteiger partial charge in [-0.25, -0.2) is 0 Å². The fraction of sp³-hybridized carbons (Fsp3) is 0.182. The van der Waals surface area contributed by atoms with Gasteiger partial charge in [0.25, 0.3) is 0 Å². The van der Waals surface area contributed by atoms with Gasteiger partial charge in [-0.15, -0.1) is 0 Å². The van der Waals surface area contributed by atoms with E-state index in [0.29, 0.717) is 16.8 Å². The van der Waals surface area contributed by atoms with Crippen LogP contribution in [0.3, 0.4) is 0 Å². The van der Waals surface area contributed by atoms with E-state index in [0.717, 1.165) is 0 Å². The zero-order valence-electron chi connectivity index (χ0n) is 8.78. The second kappa shape index (κ2) is 4.94. The van der Waals surface area contributed by atoms with Gasteiger partial charge >= 0.3 is 0 Å². The van der Waals surface area contributed by atoms with Gasteiger partial charge in [0.2, 0.25) is 11.8 Å². The standard InChI is InChI=1S/C11H11N3O2/c1-7-8(11(13)16)3-2-4-9(7)14-10(15)5-6-12/h2-4H,5H2,1H3,(H2,13,16)(H,14,15). The lowest BCUT2D eigenvalue weighted by atomic mass is 10.1. The quantitative estimate of drug-likeness (QED) is 0.788. The van der Waals surface area contributed by atoms with Crippen molar-refractivity contribution in [3.05, 3.63) is 29.3 Å². The number of hydrogen-bond donors (Lipinski definition) is 2. The Morgan fingerprint density at radius 3 is 2.75 bits per heavy atom. The van der Waals surface area contributed by atoms with Crippen LogP contribution in [0.5, 0.6) is 0 Å². The van der Waals surface area contributed by atoms with Crippen molar-refractivity contribution in [1.29, 1.82) is 5.26 Å². The summed E-state index contributed by atoms with van der Waals surface area (Å²) in [6.07, 6.45) is -0.222. The molecule has 16 heavy (non-hydrogen) atoms. The van der Waals surface area contributed by atoms with E-state index in [9.17, 15) is 9.59 Å². The largest absolute Gasteiger partial charge is 0.366 e. The third kappa shape index (κ3) is 2.58. The molecule has 2 amide bonds. The minimum absolute atomic E-state index is 0.222. The van der Waals surface area contributed by atoms with Gasteiger partial charge in [-0.2, -0.15) is 5.26 Å². The van der Waals surface area contributed by atoms with E-state index < -0.39 is 11.8 Å². The summed E-state index contributed by atoms with van der Waals surface area (Å²) in [7, 11) is 0. The highest BCUT2D eigenvalue weighted by Crippen LogP contribution is 2.18. The van der Waals surface area contributed by atoms with E-state index in [4.69, 9.17) is 11.0 Å². The molecule has 0 aliphatic heterocycles. The number of nitrogens with one attached hydrogen (secondary N) is 1. The summed E-state index contributed by atoms with van der Waals surface area (Å²) in [5.74, 6) is -0.957. The highest BCUT2D eigenvalue weighted by molar-refractivity contribution is 5.98. The van der Waals surface area contributed by atoms with Gasteiger partial charge < -0.3 is 11.1 Å². The highest BCUT2D eigenvalue weighted by Gasteiger charge is 2.10. The maximum atomic E-state index is 11.2. The number of hydrogen-bond acceptors (Lipinski definition) is 3. The molecule has 82 valence electrons. The number of rotatable bonds is 3. The molecule has 0 bridgehead atoms. The molecule has 1 aromatic carbocycles. The summed E-state index contributed by atoms with van der Waals surface area (Å²) in [6, 6.07) is 6.59. The first-order chi connectivity index (χ1) is 7.56. The van der Waals surface area contributed by atoms with Gasteiger partial charge in [0, 0.05) is 11.3 Å². The van der Waals surface area contributed by atoms with Crippen LogP contribution in [-0.4, -0.2) is 11.8 Å². The number of benzene rings is 1. The maximum Gasteiger partial charge on any atom is 0.249 e. The summed E-state index contributed by atoms with van der Waals surface area (Å²) in [4.78, 5) is 22.2. The molecule has 0 heterocycles. The number of carbonyl (C=O) groups excluding carboxylic acids is 2. The van der Waals surface area contributed by atoms with Crippen molar-refractivity contribution < 1.29 is 9.59 Å². The van der Waals surface area contributed by atoms with Gasteiger partial charge in [-0.1, -0.05) is 6.07 Å². The molecule has 0 atom stereocenters. The van der Waals surface area contributed by atoms with Gasteiger partial charge in [-0.05, 0) is 24.6 Å². The summed E-state index contributed by atoms with van der Waals surface area (Å²) >= 11 is 0. The first-order valence-electron chi connectivity index (χ1n) is 4.62. The van der Waals surface area contributed by atoms with E-state index in [1.165, 1.54) is 0 Å². The fourth-order valence-corrected chi connectivity index (χ4v) is 1.30. The van der Waals surface area contributed by atoms with Crippen molar-refractivity contribution in [3.8, 4) is 6.07 Å². The fourth-order valence-electron chi connectivity index (χ4n) is 1.30. The monoisotopic (exact) mass is 217 g/mol. The second-order valence-electron chi connectivity index (χ2n) is 3.23. The Hall–Kier alpha value is -2.35. The number of anilines is 1.